The molecular formula is C15H25NO3S2. The standard InChI is InChI=1S/C15H25NO3S2/c1-10(9-20)14(17)16-8-12(7-13(16)15(18)19)21-11-5-3-2-4-6-11/h10-13,20H,2-9H2,1H3,(H,18,19)/t10?,12-,13-/m0/s1. The van der Waals surface area contributed by atoms with Gasteiger partial charge in [0.2, 0.25) is 5.91 Å². The molecular weight excluding hydrogens is 306 g/mol. The summed E-state index contributed by atoms with van der Waals surface area (Å²) in [7, 11) is 0. The molecule has 1 saturated heterocycles. The van der Waals surface area contributed by atoms with Crippen LogP contribution >= 0.6 is 24.4 Å². The highest BCUT2D eigenvalue weighted by atomic mass is 32.2. The molecule has 1 aliphatic carbocycles. The van der Waals surface area contributed by atoms with Gasteiger partial charge < -0.3 is 10.0 Å². The van der Waals surface area contributed by atoms with Crippen LogP contribution in [0.1, 0.15) is 45.4 Å². The van der Waals surface area contributed by atoms with Gasteiger partial charge in [0.1, 0.15) is 6.04 Å². The molecule has 21 heavy (non-hydrogen) atoms. The molecule has 3 atom stereocenters. The highest BCUT2D eigenvalue weighted by molar-refractivity contribution is 8.00. The number of amides is 1. The van der Waals surface area contributed by atoms with Gasteiger partial charge in [-0.15, -0.1) is 0 Å². The highest BCUT2D eigenvalue weighted by Gasteiger charge is 2.41. The molecule has 0 aromatic rings. The van der Waals surface area contributed by atoms with Crippen molar-refractivity contribution in [2.45, 2.75) is 62.0 Å². The molecule has 0 spiro atoms. The SMILES string of the molecule is CC(CS)C(=O)N1C[C@@H](SC2CCCCC2)C[C@H]1C(=O)O. The summed E-state index contributed by atoms with van der Waals surface area (Å²) >= 11 is 6.07. The van der Waals surface area contributed by atoms with Crippen LogP contribution in [0, 0.1) is 5.92 Å². The summed E-state index contributed by atoms with van der Waals surface area (Å²) < 4.78 is 0. The Kier molecular flexibility index (Phi) is 6.29. The Morgan fingerprint density at radius 2 is 1.95 bits per heavy atom. The minimum absolute atomic E-state index is 0.0656. The fraction of sp³-hybridized carbons (Fsp3) is 0.867. The van der Waals surface area contributed by atoms with Crippen LogP contribution < -0.4 is 0 Å². The van der Waals surface area contributed by atoms with Crippen molar-refractivity contribution in [3.8, 4) is 0 Å². The van der Waals surface area contributed by atoms with Gasteiger partial charge in [0.05, 0.1) is 0 Å². The van der Waals surface area contributed by atoms with Gasteiger partial charge in [-0.1, -0.05) is 26.2 Å². The van der Waals surface area contributed by atoms with Crippen molar-refractivity contribution in [3.05, 3.63) is 0 Å². The Balaban J connectivity index is 1.97. The van der Waals surface area contributed by atoms with E-state index in [0.717, 1.165) is 0 Å². The lowest BCUT2D eigenvalue weighted by Crippen LogP contribution is -2.43. The van der Waals surface area contributed by atoms with Gasteiger partial charge in [-0.2, -0.15) is 24.4 Å². The van der Waals surface area contributed by atoms with E-state index in [9.17, 15) is 14.7 Å². The number of likely N-dealkylation sites (tertiary alicyclic amines) is 1. The number of thiol groups is 1. The van der Waals surface area contributed by atoms with Gasteiger partial charge in [0.15, 0.2) is 0 Å². The molecule has 0 aromatic carbocycles. The van der Waals surface area contributed by atoms with E-state index in [1.807, 2.05) is 18.7 Å². The maximum atomic E-state index is 12.3. The summed E-state index contributed by atoms with van der Waals surface area (Å²) in [4.78, 5) is 25.3. The number of hydrogen-bond donors (Lipinski definition) is 2. The van der Waals surface area contributed by atoms with E-state index in [4.69, 9.17) is 0 Å². The molecule has 1 aliphatic heterocycles. The molecule has 2 rings (SSSR count). The quantitative estimate of drug-likeness (QED) is 0.761. The van der Waals surface area contributed by atoms with Crippen molar-refractivity contribution in [1.29, 1.82) is 0 Å². The van der Waals surface area contributed by atoms with Crippen molar-refractivity contribution in [2.75, 3.05) is 12.3 Å². The molecule has 0 aromatic heterocycles. The molecule has 0 bridgehead atoms. The number of carboxylic acid groups (broad SMARTS) is 1. The van der Waals surface area contributed by atoms with E-state index in [-0.39, 0.29) is 17.1 Å². The molecule has 2 fully saturated rings. The van der Waals surface area contributed by atoms with Crippen LogP contribution in [-0.2, 0) is 9.59 Å². The van der Waals surface area contributed by atoms with Gasteiger partial charge in [-0.05, 0) is 19.3 Å². The van der Waals surface area contributed by atoms with Gasteiger partial charge in [0.25, 0.3) is 0 Å². The molecule has 4 nitrogen and oxygen atoms in total. The summed E-state index contributed by atoms with van der Waals surface area (Å²) in [6.07, 6.45) is 6.95. The van der Waals surface area contributed by atoms with Crippen LogP contribution in [-0.4, -0.2) is 50.7 Å². The average Bonchev–Trinajstić information content (AvgIpc) is 2.90. The number of carboxylic acids is 1. The van der Waals surface area contributed by atoms with Crippen molar-refractivity contribution in [3.63, 3.8) is 0 Å². The summed E-state index contributed by atoms with van der Waals surface area (Å²) in [5.74, 6) is -0.693. The van der Waals surface area contributed by atoms with E-state index in [0.29, 0.717) is 24.0 Å². The monoisotopic (exact) mass is 331 g/mol. The van der Waals surface area contributed by atoms with Gasteiger partial charge in [0, 0.05) is 28.7 Å². The minimum atomic E-state index is -0.874. The first-order valence-corrected chi connectivity index (χ1v) is 9.40. The molecule has 1 N–H and O–H groups in total. The number of hydrogen-bond acceptors (Lipinski definition) is 4. The van der Waals surface area contributed by atoms with Crippen LogP contribution in [0.15, 0.2) is 0 Å². The second kappa shape index (κ2) is 7.77. The molecule has 6 heteroatoms. The number of aliphatic carboxylic acids is 1. The molecule has 2 aliphatic rings. The summed E-state index contributed by atoms with van der Waals surface area (Å²) in [6.45, 7) is 2.39. The van der Waals surface area contributed by atoms with Crippen molar-refractivity contribution in [1.82, 2.24) is 4.90 Å². The first-order valence-electron chi connectivity index (χ1n) is 7.82. The van der Waals surface area contributed by atoms with E-state index in [1.165, 1.54) is 32.1 Å². The second-order valence-corrected chi connectivity index (χ2v) is 8.15. The lowest BCUT2D eigenvalue weighted by atomic mass is 10.0. The van der Waals surface area contributed by atoms with Crippen molar-refractivity contribution in [2.24, 2.45) is 5.92 Å². The zero-order valence-electron chi connectivity index (χ0n) is 12.5. The first-order chi connectivity index (χ1) is 10.0. The number of nitrogens with zero attached hydrogens (tertiary/aromatic N) is 1. The Morgan fingerprint density at radius 3 is 2.52 bits per heavy atom. The third-order valence-corrected chi connectivity index (χ3v) is 6.59. The van der Waals surface area contributed by atoms with Gasteiger partial charge in [-0.25, -0.2) is 4.79 Å². The Hall–Kier alpha value is -0.360. The average molecular weight is 332 g/mol. The van der Waals surface area contributed by atoms with E-state index >= 15 is 0 Å². The Labute approximate surface area is 136 Å². The molecule has 120 valence electrons. The number of carbonyl (C=O) groups excluding carboxylic acids is 1. The third kappa shape index (κ3) is 4.31. The smallest absolute Gasteiger partial charge is 0.326 e. The largest absolute Gasteiger partial charge is 0.480 e. The van der Waals surface area contributed by atoms with Crippen molar-refractivity contribution >= 4 is 36.3 Å². The maximum Gasteiger partial charge on any atom is 0.326 e. The van der Waals surface area contributed by atoms with Crippen LogP contribution in [0.2, 0.25) is 0 Å². The van der Waals surface area contributed by atoms with Crippen LogP contribution in [0.3, 0.4) is 0 Å². The van der Waals surface area contributed by atoms with Crippen LogP contribution in [0.5, 0.6) is 0 Å². The first kappa shape index (κ1) is 17.0. The fourth-order valence-corrected chi connectivity index (χ4v) is 5.05. The van der Waals surface area contributed by atoms with E-state index in [2.05, 4.69) is 12.6 Å². The summed E-state index contributed by atoms with van der Waals surface area (Å²) in [5.41, 5.74) is 0. The minimum Gasteiger partial charge on any atom is -0.480 e. The second-order valence-electron chi connectivity index (χ2n) is 6.18. The van der Waals surface area contributed by atoms with Gasteiger partial charge >= 0.3 is 5.97 Å². The summed E-state index contributed by atoms with van der Waals surface area (Å²) in [6, 6.07) is -0.652. The normalized spacial score (nSPS) is 28.6. The predicted octanol–water partition coefficient (Wildman–Crippen LogP) is 2.67. The van der Waals surface area contributed by atoms with E-state index in [1.54, 1.807) is 4.90 Å². The lowest BCUT2D eigenvalue weighted by molar-refractivity contribution is -0.149. The van der Waals surface area contributed by atoms with Crippen LogP contribution in [0.4, 0.5) is 0 Å². The molecule has 1 amide bonds. The Bertz CT molecular complexity index is 385. The van der Waals surface area contributed by atoms with Crippen LogP contribution in [0.25, 0.3) is 0 Å². The zero-order chi connectivity index (χ0) is 15.4. The van der Waals surface area contributed by atoms with Gasteiger partial charge in [-0.3, -0.25) is 4.79 Å². The number of rotatable bonds is 5. The number of thioether (sulfide) groups is 1. The highest BCUT2D eigenvalue weighted by Crippen LogP contribution is 2.37. The van der Waals surface area contributed by atoms with Crippen molar-refractivity contribution < 1.29 is 14.7 Å². The Morgan fingerprint density at radius 1 is 1.29 bits per heavy atom. The number of carbonyl (C=O) groups is 2. The van der Waals surface area contributed by atoms with E-state index < -0.39 is 12.0 Å². The fourth-order valence-electron chi connectivity index (χ4n) is 3.21. The zero-order valence-corrected chi connectivity index (χ0v) is 14.2. The molecule has 0 radical (unpaired) electrons. The third-order valence-electron chi connectivity index (χ3n) is 4.46. The maximum absolute atomic E-state index is 12.3. The lowest BCUT2D eigenvalue weighted by Gasteiger charge is -2.25. The predicted molar refractivity (Wildman–Crippen MR) is 89.0 cm³/mol. The molecule has 1 heterocycles. The summed E-state index contributed by atoms with van der Waals surface area (Å²) in [5, 5.41) is 10.3. The molecule has 1 saturated carbocycles. The topological polar surface area (TPSA) is 57.6 Å². The molecule has 1 unspecified atom stereocenters.